The van der Waals surface area contributed by atoms with Crippen molar-refractivity contribution in [2.24, 2.45) is 0 Å². The number of benzene rings is 1. The summed E-state index contributed by atoms with van der Waals surface area (Å²) in [5.41, 5.74) is 0.838. The van der Waals surface area contributed by atoms with Gasteiger partial charge in [0.05, 0.1) is 11.9 Å². The second kappa shape index (κ2) is 16.5. The average Bonchev–Trinajstić information content (AvgIpc) is 2.16. The van der Waals surface area contributed by atoms with Crippen LogP contribution in [0, 0.1) is 0 Å². The number of aliphatic carboxylic acids is 2. The van der Waals surface area contributed by atoms with Crippen molar-refractivity contribution in [2.45, 2.75) is 6.54 Å². The van der Waals surface area contributed by atoms with Crippen molar-refractivity contribution in [3.63, 3.8) is 0 Å². The molecule has 1 radical (unpaired) electrons. The molecule has 0 unspecified atom stereocenters. The minimum Gasteiger partial charge on any atom is -0.549 e. The van der Waals surface area contributed by atoms with Crippen LogP contribution in [-0.2, 0) is 49.1 Å². The Balaban J connectivity index is -0.000000171. The van der Waals surface area contributed by atoms with E-state index in [9.17, 15) is 19.8 Å². The molecule has 0 amide bonds. The Bertz CT molecular complexity index is 360. The van der Waals surface area contributed by atoms with Crippen molar-refractivity contribution in [3.05, 3.63) is 35.9 Å². The Morgan fingerprint density at radius 3 is 1.62 bits per heavy atom. The third kappa shape index (κ3) is 14.7. The monoisotopic (exact) mass is 354 g/mol. The van der Waals surface area contributed by atoms with E-state index in [1.54, 1.807) is 24.3 Å². The Hall–Kier alpha value is -1.55. The summed E-state index contributed by atoms with van der Waals surface area (Å²) in [6.45, 7) is -0.617. The topological polar surface area (TPSA) is 214 Å². The van der Waals surface area contributed by atoms with E-state index >= 15 is 0 Å². The molecular weight excluding hydrogens is 333 g/mol. The summed E-state index contributed by atoms with van der Waals surface area (Å²) < 4.78 is 0. The van der Waals surface area contributed by atoms with E-state index in [-0.39, 0.29) is 44.9 Å². The molecule has 1 aromatic rings. The van der Waals surface area contributed by atoms with Crippen LogP contribution in [0.3, 0.4) is 0 Å². The summed E-state index contributed by atoms with van der Waals surface area (Å²) in [4.78, 5) is 22.1. The minimum atomic E-state index is -1.31. The van der Waals surface area contributed by atoms with Crippen molar-refractivity contribution in [1.29, 1.82) is 0 Å². The smallest absolute Gasteiger partial charge is 0.549 e. The SMILES string of the molecule is O.O=C([O-])CN(CC(=O)[O-])Cc1ccccc1.[Ni+3].[OH3+].[OH3+].[OH3+]. The summed E-state index contributed by atoms with van der Waals surface area (Å²) in [5.74, 6) is -2.62. The molecule has 0 saturated heterocycles. The van der Waals surface area contributed by atoms with E-state index in [2.05, 4.69) is 0 Å². The Morgan fingerprint density at radius 2 is 1.29 bits per heavy atom. The number of hydrogen-bond donors (Lipinski definition) is 0. The molecule has 9 nitrogen and oxygen atoms in total. The number of carboxylic acid groups (broad SMARTS) is 2. The van der Waals surface area contributed by atoms with E-state index in [1.165, 1.54) is 4.90 Å². The maximum atomic E-state index is 10.4. The Kier molecular flexibility index (Phi) is 24.9. The molecule has 1 aromatic carbocycles. The fraction of sp³-hybridized carbons (Fsp3) is 0.273. The third-order valence-corrected chi connectivity index (χ3v) is 1.95. The summed E-state index contributed by atoms with van der Waals surface area (Å²) in [6, 6.07) is 9.00. The molecule has 0 aliphatic rings. The Labute approximate surface area is 131 Å². The zero-order valence-corrected chi connectivity index (χ0v) is 12.1. The van der Waals surface area contributed by atoms with Crippen LogP contribution in [0.2, 0.25) is 0 Å². The van der Waals surface area contributed by atoms with Gasteiger partial charge in [0.15, 0.2) is 0 Å². The van der Waals surface area contributed by atoms with E-state index in [0.29, 0.717) is 0 Å². The number of nitrogens with zero attached hydrogens (tertiary/aromatic N) is 1. The molecule has 125 valence electrons. The summed E-state index contributed by atoms with van der Waals surface area (Å²) in [5, 5.41) is 20.8. The van der Waals surface area contributed by atoms with E-state index in [1.807, 2.05) is 6.07 Å². The summed E-state index contributed by atoms with van der Waals surface area (Å²) in [6.07, 6.45) is 0. The van der Waals surface area contributed by atoms with Gasteiger partial charge in [0.1, 0.15) is 0 Å². The van der Waals surface area contributed by atoms with E-state index in [0.717, 1.165) is 5.56 Å². The van der Waals surface area contributed by atoms with Gasteiger partial charge in [-0.25, -0.2) is 0 Å². The van der Waals surface area contributed by atoms with Gasteiger partial charge in [-0.1, -0.05) is 30.3 Å². The van der Waals surface area contributed by atoms with Crippen molar-refractivity contribution >= 4 is 11.9 Å². The van der Waals surface area contributed by atoms with Crippen molar-refractivity contribution < 1.29 is 58.2 Å². The molecule has 0 fully saturated rings. The molecule has 0 atom stereocenters. The third-order valence-electron chi connectivity index (χ3n) is 1.95. The van der Waals surface area contributed by atoms with Crippen LogP contribution >= 0.6 is 0 Å². The standard InChI is InChI=1S/C11H13NO4.Ni.4H2O/c13-10(14)7-12(8-11(15)16)6-9-4-2-1-3-5-9;;;;;/h1-5H,6-8H2,(H,13,14)(H,15,16);;4*1H2/q;+3;;;;/p+1. The molecule has 11 N–H and O–H groups in total. The summed E-state index contributed by atoms with van der Waals surface area (Å²) in [7, 11) is 0. The van der Waals surface area contributed by atoms with Crippen LogP contribution in [0.4, 0.5) is 0 Å². The molecule has 0 aromatic heterocycles. The molecule has 0 aliphatic heterocycles. The van der Waals surface area contributed by atoms with Gasteiger partial charge in [0.25, 0.3) is 0 Å². The van der Waals surface area contributed by atoms with Gasteiger partial charge in [-0.05, 0) is 5.56 Å². The van der Waals surface area contributed by atoms with Crippen molar-refractivity contribution in [1.82, 2.24) is 4.90 Å². The normalized spacial score (nSPS) is 7.86. The zero-order valence-electron chi connectivity index (χ0n) is 11.1. The molecule has 0 spiro atoms. The van der Waals surface area contributed by atoms with Gasteiger partial charge >= 0.3 is 16.5 Å². The molecule has 0 aliphatic carbocycles. The molecule has 0 saturated carbocycles. The van der Waals surface area contributed by atoms with E-state index < -0.39 is 25.0 Å². The van der Waals surface area contributed by atoms with Crippen LogP contribution < -0.4 is 10.2 Å². The van der Waals surface area contributed by atoms with Crippen molar-refractivity contribution in [2.75, 3.05) is 13.1 Å². The molecule has 10 heteroatoms. The quantitative estimate of drug-likeness (QED) is 0.359. The number of rotatable bonds is 6. The predicted molar refractivity (Wildman–Crippen MR) is 70.0 cm³/mol. The van der Waals surface area contributed by atoms with Gasteiger partial charge in [-0.3, -0.25) is 4.90 Å². The first-order valence-corrected chi connectivity index (χ1v) is 4.74. The minimum absolute atomic E-state index is 0. The molecule has 0 heterocycles. The van der Waals surface area contributed by atoms with Crippen LogP contribution in [-0.4, -0.2) is 35.4 Å². The number of carboxylic acids is 2. The second-order valence-corrected chi connectivity index (χ2v) is 3.37. The first-order valence-electron chi connectivity index (χ1n) is 4.74. The van der Waals surface area contributed by atoms with Crippen LogP contribution in [0.5, 0.6) is 0 Å². The molecule has 0 bridgehead atoms. The van der Waals surface area contributed by atoms with Crippen LogP contribution in [0.25, 0.3) is 0 Å². The van der Waals surface area contributed by atoms with Gasteiger partial charge in [-0.2, -0.15) is 0 Å². The first kappa shape index (κ1) is 31.7. The Morgan fingerprint density at radius 1 is 0.905 bits per heavy atom. The maximum absolute atomic E-state index is 10.4. The number of hydrogen-bond acceptors (Lipinski definition) is 5. The average molecular weight is 355 g/mol. The van der Waals surface area contributed by atoms with Crippen LogP contribution in [0.15, 0.2) is 30.3 Å². The van der Waals surface area contributed by atoms with E-state index in [4.69, 9.17) is 0 Å². The van der Waals surface area contributed by atoms with Gasteiger partial charge in [0.2, 0.25) is 0 Å². The van der Waals surface area contributed by atoms with Crippen LogP contribution in [0.1, 0.15) is 5.56 Å². The fourth-order valence-electron chi connectivity index (χ4n) is 1.37. The number of carbonyl (C=O) groups is 2. The maximum Gasteiger partial charge on any atom is 3.00 e. The number of carbonyl (C=O) groups excluding carboxylic acids is 2. The molecule has 21 heavy (non-hydrogen) atoms. The summed E-state index contributed by atoms with van der Waals surface area (Å²) >= 11 is 0. The first-order chi connectivity index (χ1) is 7.58. The fourth-order valence-corrected chi connectivity index (χ4v) is 1.37. The van der Waals surface area contributed by atoms with Crippen molar-refractivity contribution in [3.8, 4) is 0 Å². The molecule has 1 rings (SSSR count). The largest absolute Gasteiger partial charge is 3.00 e. The zero-order chi connectivity index (χ0) is 12.0. The van der Waals surface area contributed by atoms with Gasteiger partial charge in [-0.15, -0.1) is 0 Å². The van der Waals surface area contributed by atoms with Gasteiger partial charge in [0, 0.05) is 19.6 Å². The predicted octanol–water partition coefficient (Wildman–Crippen LogP) is -5.60. The second-order valence-electron chi connectivity index (χ2n) is 3.37. The van der Waals surface area contributed by atoms with Gasteiger partial charge < -0.3 is 41.7 Å². The molecular formula is C11H22NNiO8+4.